The van der Waals surface area contributed by atoms with Crippen LogP contribution in [0.1, 0.15) is 55.3 Å². The SMILES string of the molecule is COc1cc2c(c(OC)c1OC)-c1ccc(N[C@H](CCSC)C(=O)NC3CCN(Cc4ccccc4)CC3)c(=O)cc1[C@H](NC(C)=O)CC2. The Balaban J connectivity index is 1.43. The number of carbonyl (C=O) groups is 2. The summed E-state index contributed by atoms with van der Waals surface area (Å²) in [6.45, 7) is 4.19. The number of thioether (sulfide) groups is 1. The molecule has 0 aromatic heterocycles. The van der Waals surface area contributed by atoms with Crippen LogP contribution in [0.15, 0.2) is 59.4 Å². The molecule has 3 aromatic carbocycles. The zero-order valence-corrected chi connectivity index (χ0v) is 29.9. The van der Waals surface area contributed by atoms with Crippen LogP contribution in [0.4, 0.5) is 5.69 Å². The van der Waals surface area contributed by atoms with Crippen LogP contribution in [-0.2, 0) is 22.6 Å². The molecule has 3 N–H and O–H groups in total. The minimum absolute atomic E-state index is 0.0714. The predicted molar refractivity (Wildman–Crippen MR) is 196 cm³/mol. The fourth-order valence-corrected chi connectivity index (χ4v) is 7.37. The largest absolute Gasteiger partial charge is 0.493 e. The average Bonchev–Trinajstić information content (AvgIpc) is 3.34. The van der Waals surface area contributed by atoms with Gasteiger partial charge in [0.05, 0.1) is 33.1 Å². The number of nitrogens with one attached hydrogen (secondary N) is 3. The summed E-state index contributed by atoms with van der Waals surface area (Å²) in [6, 6.07) is 16.6. The molecule has 5 rings (SSSR count). The number of hydrogen-bond donors (Lipinski definition) is 3. The number of nitrogens with zero attached hydrogens (tertiary/aromatic N) is 1. The van der Waals surface area contributed by atoms with E-state index in [9.17, 15) is 14.4 Å². The minimum atomic E-state index is -0.595. The fourth-order valence-electron chi connectivity index (χ4n) is 6.90. The van der Waals surface area contributed by atoms with Crippen molar-refractivity contribution >= 4 is 29.3 Å². The molecule has 2 atom stereocenters. The van der Waals surface area contributed by atoms with E-state index in [4.69, 9.17) is 14.2 Å². The molecule has 10 nitrogen and oxygen atoms in total. The maximum absolute atomic E-state index is 13.9. The van der Waals surface area contributed by atoms with Crippen molar-refractivity contribution < 1.29 is 23.8 Å². The van der Waals surface area contributed by atoms with Gasteiger partial charge in [-0.15, -0.1) is 0 Å². The van der Waals surface area contributed by atoms with Gasteiger partial charge in [-0.05, 0) is 84.6 Å². The van der Waals surface area contributed by atoms with E-state index in [1.165, 1.54) is 12.5 Å². The van der Waals surface area contributed by atoms with Crippen molar-refractivity contribution in [3.63, 3.8) is 0 Å². The first-order chi connectivity index (χ1) is 23.8. The van der Waals surface area contributed by atoms with Crippen molar-refractivity contribution in [1.29, 1.82) is 0 Å². The van der Waals surface area contributed by atoms with E-state index in [0.29, 0.717) is 47.8 Å². The summed E-state index contributed by atoms with van der Waals surface area (Å²) in [5, 5.41) is 9.63. The number of fused-ring (bicyclic) bond motifs is 3. The summed E-state index contributed by atoms with van der Waals surface area (Å²) in [5.74, 6) is 1.92. The average molecular weight is 689 g/mol. The maximum Gasteiger partial charge on any atom is 0.242 e. The molecule has 2 amide bonds. The number of anilines is 1. The number of likely N-dealkylation sites (tertiary alicyclic amines) is 1. The first-order valence-electron chi connectivity index (χ1n) is 16.9. The lowest BCUT2D eigenvalue weighted by molar-refractivity contribution is -0.123. The molecule has 1 heterocycles. The third kappa shape index (κ3) is 8.69. The second-order valence-electron chi connectivity index (χ2n) is 12.6. The van der Waals surface area contributed by atoms with E-state index >= 15 is 0 Å². The van der Waals surface area contributed by atoms with Gasteiger partial charge in [0, 0.05) is 38.2 Å². The first kappa shape index (κ1) is 36.1. The summed E-state index contributed by atoms with van der Waals surface area (Å²) < 4.78 is 17.2. The molecule has 0 unspecified atom stereocenters. The Hall–Kier alpha value is -4.22. The van der Waals surface area contributed by atoms with Gasteiger partial charge in [0.1, 0.15) is 6.04 Å². The zero-order chi connectivity index (χ0) is 34.9. The zero-order valence-electron chi connectivity index (χ0n) is 29.1. The minimum Gasteiger partial charge on any atom is -0.493 e. The number of benzene rings is 2. The van der Waals surface area contributed by atoms with Gasteiger partial charge in [-0.2, -0.15) is 11.8 Å². The Morgan fingerprint density at radius 2 is 1.67 bits per heavy atom. The van der Waals surface area contributed by atoms with Gasteiger partial charge in [-0.1, -0.05) is 36.4 Å². The van der Waals surface area contributed by atoms with Gasteiger partial charge >= 0.3 is 0 Å². The third-order valence-electron chi connectivity index (χ3n) is 9.36. The molecule has 3 aromatic rings. The molecule has 1 aliphatic carbocycles. The summed E-state index contributed by atoms with van der Waals surface area (Å²) >= 11 is 1.66. The molecule has 262 valence electrons. The third-order valence-corrected chi connectivity index (χ3v) is 10.00. The summed E-state index contributed by atoms with van der Waals surface area (Å²) in [6.07, 6.45) is 5.47. The van der Waals surface area contributed by atoms with E-state index < -0.39 is 12.1 Å². The standard InChI is InChI=1S/C38H48N4O6S/c1-24(43)39-30-13-11-26-21-34(46-2)36(47-3)37(48-4)35(26)28-12-14-31(33(44)22-29(28)30)41-32(17-20-49-5)38(45)40-27-15-18-42(19-16-27)23-25-9-7-6-8-10-25/h6-10,12,14,21-22,27,30,32H,11,13,15-20,23H2,1-5H3,(H,39,43)(H,40,45)(H,41,44)/t30-,32-/m1/s1. The van der Waals surface area contributed by atoms with Gasteiger partial charge < -0.3 is 30.2 Å². The number of aryl methyl sites for hydroxylation is 1. The van der Waals surface area contributed by atoms with E-state index in [2.05, 4.69) is 45.1 Å². The van der Waals surface area contributed by atoms with Crippen molar-refractivity contribution in [3.05, 3.63) is 81.5 Å². The molecular weight excluding hydrogens is 641 g/mol. The summed E-state index contributed by atoms with van der Waals surface area (Å²) in [4.78, 5) is 42.4. The van der Waals surface area contributed by atoms with Gasteiger partial charge in [-0.3, -0.25) is 19.3 Å². The summed E-state index contributed by atoms with van der Waals surface area (Å²) in [5.41, 5.74) is 4.47. The monoisotopic (exact) mass is 688 g/mol. The van der Waals surface area contributed by atoms with Crippen LogP contribution < -0.4 is 35.6 Å². The molecular formula is C38H48N4O6S. The van der Waals surface area contributed by atoms with Gasteiger partial charge in [-0.25, -0.2) is 0 Å². The molecule has 49 heavy (non-hydrogen) atoms. The van der Waals surface area contributed by atoms with Crippen molar-refractivity contribution in [2.45, 2.75) is 63.7 Å². The van der Waals surface area contributed by atoms with Crippen molar-refractivity contribution in [3.8, 4) is 28.4 Å². The van der Waals surface area contributed by atoms with Crippen molar-refractivity contribution in [2.75, 3.05) is 51.7 Å². The second kappa shape index (κ2) is 16.9. The number of rotatable bonds is 13. The normalized spacial score (nSPS) is 16.7. The lowest BCUT2D eigenvalue weighted by atomic mass is 9.95. The number of piperidine rings is 1. The quantitative estimate of drug-likeness (QED) is 0.223. The van der Waals surface area contributed by atoms with E-state index in [0.717, 1.165) is 54.9 Å². The first-order valence-corrected chi connectivity index (χ1v) is 18.2. The van der Waals surface area contributed by atoms with Gasteiger partial charge in [0.25, 0.3) is 0 Å². The van der Waals surface area contributed by atoms with Crippen LogP contribution in [0.25, 0.3) is 11.1 Å². The van der Waals surface area contributed by atoms with Crippen LogP contribution in [0.2, 0.25) is 0 Å². The number of methoxy groups -OCH3 is 3. The summed E-state index contributed by atoms with van der Waals surface area (Å²) in [7, 11) is 4.71. The molecule has 0 radical (unpaired) electrons. The molecule has 2 aliphatic rings. The van der Waals surface area contributed by atoms with Crippen LogP contribution in [0.5, 0.6) is 17.2 Å². The van der Waals surface area contributed by atoms with E-state index in [-0.39, 0.29) is 23.3 Å². The van der Waals surface area contributed by atoms with E-state index in [1.807, 2.05) is 24.5 Å². The van der Waals surface area contributed by atoms with E-state index in [1.54, 1.807) is 45.2 Å². The molecule has 1 aliphatic heterocycles. The van der Waals surface area contributed by atoms with Gasteiger partial charge in [0.15, 0.2) is 11.5 Å². The highest BCUT2D eigenvalue weighted by Gasteiger charge is 2.30. The van der Waals surface area contributed by atoms with Gasteiger partial charge in [0.2, 0.25) is 23.0 Å². The highest BCUT2D eigenvalue weighted by atomic mass is 32.2. The second-order valence-corrected chi connectivity index (χ2v) is 13.6. The molecule has 1 saturated heterocycles. The Morgan fingerprint density at radius 3 is 2.33 bits per heavy atom. The number of amides is 2. The highest BCUT2D eigenvalue weighted by Crippen LogP contribution is 2.50. The smallest absolute Gasteiger partial charge is 0.242 e. The Labute approximate surface area is 293 Å². The maximum atomic E-state index is 13.9. The molecule has 1 fully saturated rings. The molecule has 11 heteroatoms. The number of ether oxygens (including phenoxy) is 3. The Morgan fingerprint density at radius 1 is 0.939 bits per heavy atom. The molecule has 0 bridgehead atoms. The Bertz CT molecular complexity index is 1680. The highest BCUT2D eigenvalue weighted by molar-refractivity contribution is 7.98. The predicted octanol–water partition coefficient (Wildman–Crippen LogP) is 5.18. The lowest BCUT2D eigenvalue weighted by Gasteiger charge is -2.33. The van der Waals surface area contributed by atoms with Crippen LogP contribution in [0.3, 0.4) is 0 Å². The number of carbonyl (C=O) groups excluding carboxylic acids is 2. The molecule has 0 saturated carbocycles. The van der Waals surface area contributed by atoms with Crippen LogP contribution >= 0.6 is 11.8 Å². The number of hydrogen-bond acceptors (Lipinski definition) is 9. The van der Waals surface area contributed by atoms with Crippen molar-refractivity contribution in [1.82, 2.24) is 15.5 Å². The molecule has 0 spiro atoms. The Kier molecular flexibility index (Phi) is 12.5. The lowest BCUT2D eigenvalue weighted by Crippen LogP contribution is -2.49. The van der Waals surface area contributed by atoms with Crippen LogP contribution in [0, 0.1) is 0 Å². The van der Waals surface area contributed by atoms with Crippen LogP contribution in [-0.4, -0.2) is 75.2 Å². The topological polar surface area (TPSA) is 118 Å². The van der Waals surface area contributed by atoms with Crippen molar-refractivity contribution in [2.24, 2.45) is 0 Å². The fraction of sp³-hybridized carbons (Fsp3) is 0.447.